The summed E-state index contributed by atoms with van der Waals surface area (Å²) in [5.41, 5.74) is 1.96. The number of alkyl halides is 1. The lowest BCUT2D eigenvalue weighted by Gasteiger charge is -2.32. The molecular formula is C17H13FO4. The Balaban J connectivity index is 2.05. The molecule has 4 nitrogen and oxygen atoms in total. The second-order valence-electron chi connectivity index (χ2n) is 5.15. The molecule has 0 fully saturated rings. The number of halogens is 1. The molecule has 1 aromatic carbocycles. The molecule has 0 spiro atoms. The number of carboxylic acid groups (broad SMARTS) is 1. The summed E-state index contributed by atoms with van der Waals surface area (Å²) in [7, 11) is 0. The Labute approximate surface area is 126 Å². The molecule has 0 aromatic heterocycles. The van der Waals surface area contributed by atoms with Gasteiger partial charge in [-0.15, -0.1) is 0 Å². The van der Waals surface area contributed by atoms with E-state index in [1.54, 1.807) is 24.3 Å². The van der Waals surface area contributed by atoms with Crippen molar-refractivity contribution in [3.8, 4) is 0 Å². The van der Waals surface area contributed by atoms with Crippen molar-refractivity contribution in [1.29, 1.82) is 0 Å². The Morgan fingerprint density at radius 3 is 2.64 bits per heavy atom. The molecule has 0 saturated carbocycles. The quantitative estimate of drug-likeness (QED) is 0.932. The molecule has 1 heterocycles. The molecule has 0 saturated heterocycles. The lowest BCUT2D eigenvalue weighted by atomic mass is 9.79. The van der Waals surface area contributed by atoms with Crippen molar-refractivity contribution < 1.29 is 23.8 Å². The summed E-state index contributed by atoms with van der Waals surface area (Å²) >= 11 is 0. The molecule has 2 aliphatic rings. The van der Waals surface area contributed by atoms with Crippen molar-refractivity contribution in [3.05, 3.63) is 71.0 Å². The largest absolute Gasteiger partial charge is 0.481 e. The molecule has 1 N–H and O–H groups in total. The lowest BCUT2D eigenvalue weighted by molar-refractivity contribution is -0.136. The maximum absolute atomic E-state index is 14.3. The van der Waals surface area contributed by atoms with Gasteiger partial charge in [0.15, 0.2) is 5.78 Å². The number of carboxylic acids is 1. The van der Waals surface area contributed by atoms with E-state index in [0.717, 1.165) is 0 Å². The first-order chi connectivity index (χ1) is 10.6. The van der Waals surface area contributed by atoms with E-state index in [1.807, 2.05) is 6.07 Å². The maximum atomic E-state index is 14.3. The topological polar surface area (TPSA) is 63.6 Å². The molecule has 112 valence electrons. The summed E-state index contributed by atoms with van der Waals surface area (Å²) in [6.07, 6.45) is 1.89. The van der Waals surface area contributed by atoms with Crippen LogP contribution in [0, 0.1) is 0 Å². The third-order valence-electron chi connectivity index (χ3n) is 3.68. The Morgan fingerprint density at radius 2 is 1.95 bits per heavy atom. The van der Waals surface area contributed by atoms with Crippen LogP contribution < -0.4 is 0 Å². The molecule has 1 aromatic rings. The zero-order valence-corrected chi connectivity index (χ0v) is 11.5. The number of ether oxygens (including phenoxy) is 1. The second kappa shape index (κ2) is 5.60. The summed E-state index contributed by atoms with van der Waals surface area (Å²) in [4.78, 5) is 22.8. The second-order valence-corrected chi connectivity index (χ2v) is 5.15. The van der Waals surface area contributed by atoms with Gasteiger partial charge in [-0.25, -0.2) is 4.39 Å². The van der Waals surface area contributed by atoms with Crippen LogP contribution in [-0.4, -0.2) is 23.2 Å². The molecule has 3 rings (SSSR count). The first-order valence-corrected chi connectivity index (χ1v) is 6.79. The smallest absolute Gasteiger partial charge is 0.307 e. The van der Waals surface area contributed by atoms with Crippen LogP contribution in [0.5, 0.6) is 0 Å². The van der Waals surface area contributed by atoms with E-state index in [2.05, 4.69) is 0 Å². The highest BCUT2D eigenvalue weighted by Gasteiger charge is 2.36. The lowest BCUT2D eigenvalue weighted by Crippen LogP contribution is -2.26. The Hall–Kier alpha value is -2.69. The number of carbonyl (C=O) groups excluding carboxylic acids is 1. The standard InChI is InChI=1S/C17H13FO4/c18-17-16(10-4-2-1-3-5-10)13-8-12(19)6-11(7-15(20)21)14(13)9-22-17/h1-6,8-9,16-17H,7H2,(H,20,21). The van der Waals surface area contributed by atoms with Gasteiger partial charge in [-0.3, -0.25) is 9.59 Å². The fourth-order valence-electron chi connectivity index (χ4n) is 2.76. The minimum absolute atomic E-state index is 0.309. The van der Waals surface area contributed by atoms with Gasteiger partial charge >= 0.3 is 5.97 Å². The Morgan fingerprint density at radius 1 is 1.23 bits per heavy atom. The normalized spacial score (nSPS) is 23.7. The fraction of sp³-hybridized carbons (Fsp3) is 0.176. The average molecular weight is 300 g/mol. The predicted molar refractivity (Wildman–Crippen MR) is 76.7 cm³/mol. The number of allylic oxidation sites excluding steroid dienone is 3. The van der Waals surface area contributed by atoms with E-state index < -0.39 is 18.2 Å². The van der Waals surface area contributed by atoms with Crippen molar-refractivity contribution in [2.24, 2.45) is 0 Å². The number of carbonyl (C=O) groups is 2. The van der Waals surface area contributed by atoms with Gasteiger partial charge in [0.05, 0.1) is 18.6 Å². The molecule has 22 heavy (non-hydrogen) atoms. The van der Waals surface area contributed by atoms with Gasteiger partial charge in [0.1, 0.15) is 0 Å². The van der Waals surface area contributed by atoms with Gasteiger partial charge in [0.25, 0.3) is 0 Å². The highest BCUT2D eigenvalue weighted by atomic mass is 19.1. The van der Waals surface area contributed by atoms with Crippen molar-refractivity contribution in [3.63, 3.8) is 0 Å². The van der Waals surface area contributed by atoms with E-state index in [0.29, 0.717) is 22.3 Å². The molecule has 2 atom stereocenters. The van der Waals surface area contributed by atoms with Crippen molar-refractivity contribution in [2.75, 3.05) is 0 Å². The monoisotopic (exact) mass is 300 g/mol. The number of ketones is 1. The summed E-state index contributed by atoms with van der Waals surface area (Å²) < 4.78 is 19.3. The van der Waals surface area contributed by atoms with E-state index in [-0.39, 0.29) is 12.2 Å². The molecule has 0 amide bonds. The first kappa shape index (κ1) is 14.3. The Kier molecular flexibility index (Phi) is 3.63. The van der Waals surface area contributed by atoms with Crippen LogP contribution in [0.1, 0.15) is 17.9 Å². The minimum atomic E-state index is -1.62. The molecule has 5 heteroatoms. The van der Waals surface area contributed by atoms with Crippen LogP contribution >= 0.6 is 0 Å². The highest BCUT2D eigenvalue weighted by molar-refractivity contribution is 6.04. The van der Waals surface area contributed by atoms with Crippen LogP contribution in [0.4, 0.5) is 4.39 Å². The van der Waals surface area contributed by atoms with Crippen LogP contribution in [0.2, 0.25) is 0 Å². The molecule has 1 aliphatic carbocycles. The first-order valence-electron chi connectivity index (χ1n) is 6.79. The molecular weight excluding hydrogens is 287 g/mol. The van der Waals surface area contributed by atoms with Crippen LogP contribution in [0.15, 0.2) is 65.5 Å². The van der Waals surface area contributed by atoms with Gasteiger partial charge < -0.3 is 9.84 Å². The number of hydrogen-bond acceptors (Lipinski definition) is 3. The number of benzene rings is 1. The minimum Gasteiger partial charge on any atom is -0.481 e. The number of aliphatic carboxylic acids is 1. The highest BCUT2D eigenvalue weighted by Crippen LogP contribution is 2.43. The van der Waals surface area contributed by atoms with Gasteiger partial charge in [-0.2, -0.15) is 0 Å². The van der Waals surface area contributed by atoms with Gasteiger partial charge in [0, 0.05) is 5.57 Å². The predicted octanol–water partition coefficient (Wildman–Crippen LogP) is 2.89. The number of rotatable bonds is 3. The van der Waals surface area contributed by atoms with Crippen molar-refractivity contribution in [1.82, 2.24) is 0 Å². The maximum Gasteiger partial charge on any atom is 0.307 e. The summed E-state index contributed by atoms with van der Waals surface area (Å²) in [5, 5.41) is 8.96. The fourth-order valence-corrected chi connectivity index (χ4v) is 2.76. The summed E-state index contributed by atoms with van der Waals surface area (Å²) in [5.74, 6) is -2.14. The van der Waals surface area contributed by atoms with E-state index >= 15 is 0 Å². The van der Waals surface area contributed by atoms with Crippen LogP contribution in [0.25, 0.3) is 0 Å². The average Bonchev–Trinajstić information content (AvgIpc) is 2.47. The van der Waals surface area contributed by atoms with Gasteiger partial charge in [-0.1, -0.05) is 30.3 Å². The summed E-state index contributed by atoms with van der Waals surface area (Å²) in [6, 6.07) is 8.87. The molecule has 0 radical (unpaired) electrons. The van der Waals surface area contributed by atoms with Gasteiger partial charge in [-0.05, 0) is 28.9 Å². The van der Waals surface area contributed by atoms with Crippen molar-refractivity contribution in [2.45, 2.75) is 18.7 Å². The van der Waals surface area contributed by atoms with Crippen LogP contribution in [-0.2, 0) is 14.3 Å². The summed E-state index contributed by atoms with van der Waals surface area (Å²) in [6.45, 7) is 0. The molecule has 0 bridgehead atoms. The number of fused-ring (bicyclic) bond motifs is 1. The van der Waals surface area contributed by atoms with Gasteiger partial charge in [0.2, 0.25) is 6.36 Å². The zero-order valence-electron chi connectivity index (χ0n) is 11.5. The van der Waals surface area contributed by atoms with Crippen LogP contribution in [0.3, 0.4) is 0 Å². The molecule has 1 aliphatic heterocycles. The SMILES string of the molecule is O=C1C=C(CC(=O)O)C2=COC(F)C(c3ccccc3)C2=C1. The van der Waals surface area contributed by atoms with Crippen molar-refractivity contribution >= 4 is 11.8 Å². The molecule has 2 unspecified atom stereocenters. The van der Waals surface area contributed by atoms with E-state index in [1.165, 1.54) is 18.4 Å². The third-order valence-corrected chi connectivity index (χ3v) is 3.68. The zero-order chi connectivity index (χ0) is 15.7. The van der Waals surface area contributed by atoms with E-state index in [4.69, 9.17) is 9.84 Å². The Bertz CT molecular complexity index is 715. The third kappa shape index (κ3) is 2.57. The number of hydrogen-bond donors (Lipinski definition) is 1. The van der Waals surface area contributed by atoms with E-state index in [9.17, 15) is 14.0 Å².